The zero-order valence-corrected chi connectivity index (χ0v) is 8.62. The summed E-state index contributed by atoms with van der Waals surface area (Å²) in [6.45, 7) is 3.84. The minimum absolute atomic E-state index is 0.0846. The first-order valence-electron chi connectivity index (χ1n) is 5.21. The average molecular weight is 193 g/mol. The van der Waals surface area contributed by atoms with E-state index in [0.717, 1.165) is 19.3 Å². The van der Waals surface area contributed by atoms with Crippen molar-refractivity contribution in [1.82, 2.24) is 4.90 Å². The average Bonchev–Trinajstić information content (AvgIpc) is 2.79. The highest BCUT2D eigenvalue weighted by Gasteiger charge is 2.47. The SMILES string of the molecule is CCCC1CC1N1C(=O)C=C(C)C1=O. The van der Waals surface area contributed by atoms with Crippen molar-refractivity contribution in [3.63, 3.8) is 0 Å². The van der Waals surface area contributed by atoms with Crippen LogP contribution in [0.2, 0.25) is 0 Å². The fourth-order valence-corrected chi connectivity index (χ4v) is 2.15. The predicted octanol–water partition coefficient (Wildman–Crippen LogP) is 1.49. The smallest absolute Gasteiger partial charge is 0.256 e. The molecule has 1 fully saturated rings. The quantitative estimate of drug-likeness (QED) is 0.637. The van der Waals surface area contributed by atoms with Gasteiger partial charge in [0, 0.05) is 17.7 Å². The molecule has 0 N–H and O–H groups in total. The first kappa shape index (κ1) is 9.44. The van der Waals surface area contributed by atoms with Gasteiger partial charge in [0.25, 0.3) is 11.8 Å². The topological polar surface area (TPSA) is 37.4 Å². The molecule has 0 radical (unpaired) electrons. The summed E-state index contributed by atoms with van der Waals surface area (Å²) in [4.78, 5) is 24.5. The Morgan fingerprint density at radius 1 is 1.50 bits per heavy atom. The molecule has 0 aromatic rings. The molecule has 2 unspecified atom stereocenters. The van der Waals surface area contributed by atoms with Crippen molar-refractivity contribution in [2.24, 2.45) is 5.92 Å². The van der Waals surface area contributed by atoms with Crippen molar-refractivity contribution < 1.29 is 9.59 Å². The molecule has 0 aromatic carbocycles. The lowest BCUT2D eigenvalue weighted by atomic mass is 10.2. The zero-order valence-electron chi connectivity index (χ0n) is 8.62. The van der Waals surface area contributed by atoms with E-state index in [2.05, 4.69) is 6.92 Å². The van der Waals surface area contributed by atoms with Gasteiger partial charge in [0.2, 0.25) is 0 Å². The van der Waals surface area contributed by atoms with Crippen molar-refractivity contribution in [3.8, 4) is 0 Å². The monoisotopic (exact) mass is 193 g/mol. The fourth-order valence-electron chi connectivity index (χ4n) is 2.15. The minimum Gasteiger partial charge on any atom is -0.272 e. The molecule has 2 rings (SSSR count). The largest absolute Gasteiger partial charge is 0.272 e. The van der Waals surface area contributed by atoms with E-state index in [0.29, 0.717) is 11.5 Å². The second-order valence-electron chi connectivity index (χ2n) is 4.19. The molecule has 1 heterocycles. The van der Waals surface area contributed by atoms with E-state index < -0.39 is 0 Å². The molecule has 76 valence electrons. The van der Waals surface area contributed by atoms with Crippen molar-refractivity contribution in [2.45, 2.75) is 39.2 Å². The molecular formula is C11H15NO2. The number of hydrogen-bond acceptors (Lipinski definition) is 2. The Morgan fingerprint density at radius 3 is 2.71 bits per heavy atom. The van der Waals surface area contributed by atoms with Crippen LogP contribution in [0.3, 0.4) is 0 Å². The molecule has 2 aliphatic rings. The molecule has 1 aliphatic heterocycles. The molecule has 0 spiro atoms. The highest BCUT2D eigenvalue weighted by Crippen LogP contribution is 2.41. The molecule has 2 amide bonds. The van der Waals surface area contributed by atoms with Crippen LogP contribution in [0, 0.1) is 5.92 Å². The summed E-state index contributed by atoms with van der Waals surface area (Å²) < 4.78 is 0. The van der Waals surface area contributed by atoms with Gasteiger partial charge in [0.1, 0.15) is 0 Å². The summed E-state index contributed by atoms with van der Waals surface area (Å²) in [5, 5.41) is 0. The van der Waals surface area contributed by atoms with Gasteiger partial charge in [-0.25, -0.2) is 0 Å². The highest BCUT2D eigenvalue weighted by molar-refractivity contribution is 6.16. The van der Waals surface area contributed by atoms with Gasteiger partial charge < -0.3 is 0 Å². The molecule has 0 saturated heterocycles. The molecular weight excluding hydrogens is 178 g/mol. The number of hydrogen-bond donors (Lipinski definition) is 0. The van der Waals surface area contributed by atoms with Gasteiger partial charge in [0.05, 0.1) is 0 Å². The second kappa shape index (κ2) is 3.23. The fraction of sp³-hybridized carbons (Fsp3) is 0.636. The summed E-state index contributed by atoms with van der Waals surface area (Å²) in [6, 6.07) is 0.198. The highest BCUT2D eigenvalue weighted by atomic mass is 16.2. The Morgan fingerprint density at radius 2 is 2.21 bits per heavy atom. The summed E-state index contributed by atoms with van der Waals surface area (Å²) in [6.07, 6.45) is 4.71. The summed E-state index contributed by atoms with van der Waals surface area (Å²) in [5.74, 6) is 0.363. The molecule has 0 aromatic heterocycles. The first-order valence-corrected chi connectivity index (χ1v) is 5.21. The van der Waals surface area contributed by atoms with E-state index in [9.17, 15) is 9.59 Å². The van der Waals surface area contributed by atoms with Gasteiger partial charge in [-0.05, 0) is 25.7 Å². The summed E-state index contributed by atoms with van der Waals surface area (Å²) in [5.41, 5.74) is 0.581. The lowest BCUT2D eigenvalue weighted by Gasteiger charge is -2.13. The molecule has 3 nitrogen and oxygen atoms in total. The standard InChI is InChI=1S/C11H15NO2/c1-3-4-8-6-9(8)12-10(13)5-7(2)11(12)14/h5,8-9H,3-4,6H2,1-2H3. The zero-order chi connectivity index (χ0) is 10.3. The molecule has 1 saturated carbocycles. The van der Waals surface area contributed by atoms with Crippen LogP contribution in [0.25, 0.3) is 0 Å². The van der Waals surface area contributed by atoms with Crippen LogP contribution in [0.5, 0.6) is 0 Å². The third kappa shape index (κ3) is 1.37. The molecule has 14 heavy (non-hydrogen) atoms. The van der Waals surface area contributed by atoms with Crippen LogP contribution in [0.4, 0.5) is 0 Å². The van der Waals surface area contributed by atoms with E-state index >= 15 is 0 Å². The van der Waals surface area contributed by atoms with Crippen LogP contribution in [-0.2, 0) is 9.59 Å². The molecule has 3 heteroatoms. The van der Waals surface area contributed by atoms with Gasteiger partial charge in [-0.3, -0.25) is 14.5 Å². The van der Waals surface area contributed by atoms with Gasteiger partial charge in [-0.1, -0.05) is 13.3 Å². The van der Waals surface area contributed by atoms with Gasteiger partial charge >= 0.3 is 0 Å². The van der Waals surface area contributed by atoms with Crippen molar-refractivity contribution in [2.75, 3.05) is 0 Å². The number of nitrogens with zero attached hydrogens (tertiary/aromatic N) is 1. The van der Waals surface area contributed by atoms with E-state index in [-0.39, 0.29) is 17.9 Å². The molecule has 0 bridgehead atoms. The molecule has 2 atom stereocenters. The lowest BCUT2D eigenvalue weighted by molar-refractivity contribution is -0.138. The van der Waals surface area contributed by atoms with E-state index in [1.165, 1.54) is 11.0 Å². The number of rotatable bonds is 3. The Bertz CT molecular complexity index is 319. The second-order valence-corrected chi connectivity index (χ2v) is 4.19. The summed E-state index contributed by atoms with van der Waals surface area (Å²) in [7, 11) is 0. The van der Waals surface area contributed by atoms with Gasteiger partial charge in [-0.2, -0.15) is 0 Å². The maximum Gasteiger partial charge on any atom is 0.256 e. The van der Waals surface area contributed by atoms with E-state index in [1.54, 1.807) is 6.92 Å². The lowest BCUT2D eigenvalue weighted by Crippen LogP contribution is -2.34. The summed E-state index contributed by atoms with van der Waals surface area (Å²) >= 11 is 0. The third-order valence-corrected chi connectivity index (χ3v) is 3.01. The number of imide groups is 1. The first-order chi connectivity index (χ1) is 6.65. The third-order valence-electron chi connectivity index (χ3n) is 3.01. The Labute approximate surface area is 83.8 Å². The number of carbonyl (C=O) groups excluding carboxylic acids is 2. The maximum absolute atomic E-state index is 11.6. The maximum atomic E-state index is 11.6. The van der Waals surface area contributed by atoms with Crippen molar-refractivity contribution >= 4 is 11.8 Å². The van der Waals surface area contributed by atoms with Crippen molar-refractivity contribution in [1.29, 1.82) is 0 Å². The van der Waals surface area contributed by atoms with Crippen LogP contribution in [0.1, 0.15) is 33.1 Å². The Kier molecular flexibility index (Phi) is 2.17. The normalized spacial score (nSPS) is 31.0. The number of carbonyl (C=O) groups is 2. The van der Waals surface area contributed by atoms with Crippen LogP contribution >= 0.6 is 0 Å². The van der Waals surface area contributed by atoms with E-state index in [4.69, 9.17) is 0 Å². The predicted molar refractivity (Wildman–Crippen MR) is 52.4 cm³/mol. The van der Waals surface area contributed by atoms with Gasteiger partial charge in [-0.15, -0.1) is 0 Å². The van der Waals surface area contributed by atoms with E-state index in [1.807, 2.05) is 0 Å². The molecule has 1 aliphatic carbocycles. The van der Waals surface area contributed by atoms with Crippen LogP contribution < -0.4 is 0 Å². The van der Waals surface area contributed by atoms with Crippen LogP contribution in [0.15, 0.2) is 11.6 Å². The van der Waals surface area contributed by atoms with Gasteiger partial charge in [0.15, 0.2) is 0 Å². The van der Waals surface area contributed by atoms with Crippen molar-refractivity contribution in [3.05, 3.63) is 11.6 Å². The Balaban J connectivity index is 2.02. The Hall–Kier alpha value is -1.12. The number of amides is 2. The minimum atomic E-state index is -0.115. The van der Waals surface area contributed by atoms with Crippen LogP contribution in [-0.4, -0.2) is 22.8 Å².